The number of hydrogen-bond donors (Lipinski definition) is 1. The van der Waals surface area contributed by atoms with E-state index in [0.717, 1.165) is 23.4 Å². The Morgan fingerprint density at radius 2 is 2.17 bits per heavy atom. The van der Waals surface area contributed by atoms with Gasteiger partial charge in [-0.25, -0.2) is 4.39 Å². The normalized spacial score (nSPS) is 12.7. The van der Waals surface area contributed by atoms with Crippen LogP contribution in [0.25, 0.3) is 11.3 Å². The lowest BCUT2D eigenvalue weighted by Crippen LogP contribution is -2.14. The van der Waals surface area contributed by atoms with Crippen molar-refractivity contribution in [3.8, 4) is 11.3 Å². The summed E-state index contributed by atoms with van der Waals surface area (Å²) in [6.07, 6.45) is 1.75. The number of benzene rings is 1. The summed E-state index contributed by atoms with van der Waals surface area (Å²) in [5.74, 6) is -0.221. The van der Waals surface area contributed by atoms with Crippen LogP contribution in [0.3, 0.4) is 0 Å². The highest BCUT2D eigenvalue weighted by molar-refractivity contribution is 5.64. The molecule has 0 spiro atoms. The van der Waals surface area contributed by atoms with Crippen LogP contribution >= 0.6 is 0 Å². The average molecular weight is 247 g/mol. The Bertz CT molecular complexity index is 534. The van der Waals surface area contributed by atoms with E-state index < -0.39 is 0 Å². The van der Waals surface area contributed by atoms with Gasteiger partial charge < -0.3 is 5.32 Å². The largest absolute Gasteiger partial charge is 0.313 e. The lowest BCUT2D eigenvalue weighted by atomic mass is 9.99. The fourth-order valence-electron chi connectivity index (χ4n) is 2.10. The number of nitrogens with one attached hydrogen (secondary N) is 1. The van der Waals surface area contributed by atoms with Crippen molar-refractivity contribution in [2.45, 2.75) is 26.4 Å². The lowest BCUT2D eigenvalue weighted by Gasteiger charge is -2.16. The van der Waals surface area contributed by atoms with Crippen LogP contribution in [0.15, 0.2) is 30.5 Å². The van der Waals surface area contributed by atoms with Gasteiger partial charge in [-0.1, -0.05) is 6.07 Å². The monoisotopic (exact) mass is 247 g/mol. The molecule has 96 valence electrons. The number of aryl methyl sites for hydroxylation is 1. The first-order chi connectivity index (χ1) is 8.67. The second-order valence-corrected chi connectivity index (χ2v) is 4.27. The topological polar surface area (TPSA) is 29.9 Å². The van der Waals surface area contributed by atoms with Crippen molar-refractivity contribution in [2.75, 3.05) is 7.05 Å². The first-order valence-corrected chi connectivity index (χ1v) is 6.16. The molecule has 4 heteroatoms. The third kappa shape index (κ3) is 2.29. The van der Waals surface area contributed by atoms with Gasteiger partial charge in [0, 0.05) is 24.3 Å². The smallest absolute Gasteiger partial charge is 0.123 e. The molecule has 1 aromatic heterocycles. The molecule has 0 bridgehead atoms. The fraction of sp³-hybridized carbons (Fsp3) is 0.357. The van der Waals surface area contributed by atoms with Crippen LogP contribution < -0.4 is 5.32 Å². The van der Waals surface area contributed by atoms with Crippen molar-refractivity contribution in [2.24, 2.45) is 0 Å². The maximum Gasteiger partial charge on any atom is 0.123 e. The van der Waals surface area contributed by atoms with E-state index >= 15 is 0 Å². The van der Waals surface area contributed by atoms with E-state index in [9.17, 15) is 4.39 Å². The van der Waals surface area contributed by atoms with E-state index in [0.29, 0.717) is 0 Å². The molecule has 0 radical (unpaired) electrons. The summed E-state index contributed by atoms with van der Waals surface area (Å²) in [6, 6.07) is 7.00. The van der Waals surface area contributed by atoms with Crippen LogP contribution in [0, 0.1) is 5.82 Å². The molecule has 18 heavy (non-hydrogen) atoms. The highest BCUT2D eigenvalue weighted by atomic mass is 19.1. The SMILES string of the molecule is CCn1nccc1-c1cc(F)ccc1C(C)NC. The van der Waals surface area contributed by atoms with Crippen molar-refractivity contribution in [3.63, 3.8) is 0 Å². The van der Waals surface area contributed by atoms with Crippen LogP contribution in [0.5, 0.6) is 0 Å². The first kappa shape index (κ1) is 12.8. The van der Waals surface area contributed by atoms with E-state index in [1.807, 2.05) is 30.8 Å². The predicted octanol–water partition coefficient (Wildman–Crippen LogP) is 2.99. The lowest BCUT2D eigenvalue weighted by molar-refractivity contribution is 0.617. The van der Waals surface area contributed by atoms with Gasteiger partial charge in [0.25, 0.3) is 0 Å². The zero-order valence-corrected chi connectivity index (χ0v) is 10.9. The molecule has 0 aliphatic rings. The van der Waals surface area contributed by atoms with Gasteiger partial charge in [-0.05, 0) is 44.7 Å². The van der Waals surface area contributed by atoms with Crippen molar-refractivity contribution >= 4 is 0 Å². The summed E-state index contributed by atoms with van der Waals surface area (Å²) >= 11 is 0. The Labute approximate surface area is 107 Å². The molecule has 3 nitrogen and oxygen atoms in total. The average Bonchev–Trinajstić information content (AvgIpc) is 2.85. The molecule has 1 heterocycles. The minimum atomic E-state index is -0.221. The van der Waals surface area contributed by atoms with Crippen molar-refractivity contribution in [3.05, 3.63) is 41.8 Å². The standard InChI is InChI=1S/C14H18FN3/c1-4-18-14(7-8-17-18)13-9-11(15)5-6-12(13)10(2)16-3/h5-10,16H,4H2,1-3H3. The van der Waals surface area contributed by atoms with Crippen molar-refractivity contribution in [1.82, 2.24) is 15.1 Å². The van der Waals surface area contributed by atoms with Gasteiger partial charge in [-0.2, -0.15) is 5.10 Å². The molecular weight excluding hydrogens is 229 g/mol. The molecular formula is C14H18FN3. The maximum absolute atomic E-state index is 13.5. The highest BCUT2D eigenvalue weighted by Crippen LogP contribution is 2.28. The molecule has 2 aromatic rings. The van der Waals surface area contributed by atoms with Crippen LogP contribution in [0.1, 0.15) is 25.5 Å². The molecule has 1 N–H and O–H groups in total. The fourth-order valence-corrected chi connectivity index (χ4v) is 2.10. The second-order valence-electron chi connectivity index (χ2n) is 4.27. The van der Waals surface area contributed by atoms with E-state index in [1.165, 1.54) is 6.07 Å². The molecule has 0 saturated heterocycles. The first-order valence-electron chi connectivity index (χ1n) is 6.16. The number of hydrogen-bond acceptors (Lipinski definition) is 2. The van der Waals surface area contributed by atoms with E-state index in [-0.39, 0.29) is 11.9 Å². The van der Waals surface area contributed by atoms with E-state index in [2.05, 4.69) is 17.3 Å². The molecule has 0 aliphatic carbocycles. The van der Waals surface area contributed by atoms with E-state index in [1.54, 1.807) is 12.3 Å². The number of aromatic nitrogens is 2. The van der Waals surface area contributed by atoms with Gasteiger partial charge >= 0.3 is 0 Å². The number of nitrogens with zero attached hydrogens (tertiary/aromatic N) is 2. The molecule has 0 amide bonds. The van der Waals surface area contributed by atoms with Crippen LogP contribution in [0.4, 0.5) is 4.39 Å². The molecule has 0 aliphatic heterocycles. The molecule has 0 fully saturated rings. The summed E-state index contributed by atoms with van der Waals surface area (Å²) in [7, 11) is 1.90. The van der Waals surface area contributed by atoms with Gasteiger partial charge in [0.1, 0.15) is 5.82 Å². The van der Waals surface area contributed by atoms with Crippen LogP contribution in [-0.2, 0) is 6.54 Å². The second kappa shape index (κ2) is 5.31. The third-order valence-electron chi connectivity index (χ3n) is 3.21. The molecule has 0 saturated carbocycles. The highest BCUT2D eigenvalue weighted by Gasteiger charge is 2.14. The van der Waals surface area contributed by atoms with Gasteiger partial charge in [-0.15, -0.1) is 0 Å². The summed E-state index contributed by atoms with van der Waals surface area (Å²) in [5, 5.41) is 7.43. The van der Waals surface area contributed by atoms with Crippen molar-refractivity contribution in [1.29, 1.82) is 0 Å². The van der Waals surface area contributed by atoms with Crippen LogP contribution in [-0.4, -0.2) is 16.8 Å². The summed E-state index contributed by atoms with van der Waals surface area (Å²) in [5.41, 5.74) is 2.93. The number of rotatable bonds is 4. The molecule has 1 unspecified atom stereocenters. The van der Waals surface area contributed by atoms with E-state index in [4.69, 9.17) is 0 Å². The van der Waals surface area contributed by atoms with Gasteiger partial charge in [0.15, 0.2) is 0 Å². The number of halogens is 1. The Kier molecular flexibility index (Phi) is 3.77. The Hall–Kier alpha value is -1.68. The van der Waals surface area contributed by atoms with Crippen LogP contribution in [0.2, 0.25) is 0 Å². The Balaban J connectivity index is 2.58. The van der Waals surface area contributed by atoms with Gasteiger partial charge in [0.05, 0.1) is 5.69 Å². The Morgan fingerprint density at radius 3 is 2.83 bits per heavy atom. The maximum atomic E-state index is 13.5. The molecule has 1 atom stereocenters. The summed E-state index contributed by atoms with van der Waals surface area (Å²) in [6.45, 7) is 4.85. The van der Waals surface area contributed by atoms with Gasteiger partial charge in [-0.3, -0.25) is 4.68 Å². The zero-order chi connectivity index (χ0) is 13.1. The van der Waals surface area contributed by atoms with Crippen molar-refractivity contribution < 1.29 is 4.39 Å². The zero-order valence-electron chi connectivity index (χ0n) is 10.9. The minimum Gasteiger partial charge on any atom is -0.313 e. The Morgan fingerprint density at radius 1 is 1.39 bits per heavy atom. The molecule has 1 aromatic carbocycles. The summed E-state index contributed by atoms with van der Waals surface area (Å²) < 4.78 is 15.4. The quantitative estimate of drug-likeness (QED) is 0.900. The third-order valence-corrected chi connectivity index (χ3v) is 3.21. The van der Waals surface area contributed by atoms with Gasteiger partial charge in [0.2, 0.25) is 0 Å². The minimum absolute atomic E-state index is 0.167. The molecule has 2 rings (SSSR count). The predicted molar refractivity (Wildman–Crippen MR) is 70.8 cm³/mol. The summed E-state index contributed by atoms with van der Waals surface area (Å²) in [4.78, 5) is 0.